The van der Waals surface area contributed by atoms with Gasteiger partial charge in [-0.1, -0.05) is 5.16 Å². The number of nitrogens with two attached hydrogens (primary N) is 1. The van der Waals surface area contributed by atoms with Crippen LogP contribution in [0.5, 0.6) is 0 Å². The Labute approximate surface area is 123 Å². The van der Waals surface area contributed by atoms with Crippen LogP contribution in [-0.2, 0) is 16.2 Å². The van der Waals surface area contributed by atoms with Crippen molar-refractivity contribution in [3.8, 4) is 0 Å². The van der Waals surface area contributed by atoms with Crippen LogP contribution in [-0.4, -0.2) is 23.3 Å². The number of aromatic nitrogens is 1. The summed E-state index contributed by atoms with van der Waals surface area (Å²) in [5.41, 5.74) is 6.78. The summed E-state index contributed by atoms with van der Waals surface area (Å²) in [5.74, 6) is 0.544. The Morgan fingerprint density at radius 2 is 2.53 bits per heavy atom. The van der Waals surface area contributed by atoms with Crippen molar-refractivity contribution in [3.63, 3.8) is 0 Å². The molecule has 1 aromatic rings. The normalized spacial score (nSPS) is 20.2. The van der Waals surface area contributed by atoms with E-state index in [2.05, 4.69) is 31.4 Å². The van der Waals surface area contributed by atoms with Crippen LogP contribution in [0, 0.1) is 12.8 Å². The zero-order chi connectivity index (χ0) is 13.8. The lowest BCUT2D eigenvalue weighted by Gasteiger charge is -2.21. The first kappa shape index (κ1) is 14.3. The van der Waals surface area contributed by atoms with Crippen LogP contribution >= 0.6 is 27.3 Å². The number of hydrogen-bond acceptors (Lipinski definition) is 5. The molecule has 0 radical (unpaired) electrons. The number of hydrogen-bond donors (Lipinski definition) is 2. The number of carbonyl (C=O) groups is 1. The van der Waals surface area contributed by atoms with Gasteiger partial charge < -0.3 is 15.9 Å². The Morgan fingerprint density at radius 3 is 3.11 bits per heavy atom. The monoisotopic (exact) mass is 346 g/mol. The van der Waals surface area contributed by atoms with E-state index in [0.717, 1.165) is 14.5 Å². The fraction of sp³-hybridized carbons (Fsp3) is 0.545. The van der Waals surface area contributed by atoms with Gasteiger partial charge in [-0.25, -0.2) is 4.98 Å². The molecule has 19 heavy (non-hydrogen) atoms. The fourth-order valence-corrected chi connectivity index (χ4v) is 3.06. The number of amides is 1. The third-order valence-electron chi connectivity index (χ3n) is 2.83. The first-order valence-corrected chi connectivity index (χ1v) is 7.51. The minimum absolute atomic E-state index is 0.0578. The second kappa shape index (κ2) is 6.33. The maximum absolute atomic E-state index is 11.0. The first-order chi connectivity index (χ1) is 9.06. The van der Waals surface area contributed by atoms with Gasteiger partial charge in [-0.15, -0.1) is 11.3 Å². The number of carbonyl (C=O) groups excluding carboxylic acids is 1. The number of oxime groups is 1. The maximum Gasteiger partial charge on any atom is 0.220 e. The van der Waals surface area contributed by atoms with E-state index in [1.807, 2.05) is 6.92 Å². The van der Waals surface area contributed by atoms with E-state index >= 15 is 0 Å². The molecule has 1 aliphatic heterocycles. The molecule has 1 saturated heterocycles. The van der Waals surface area contributed by atoms with E-state index in [1.165, 1.54) is 11.3 Å². The van der Waals surface area contributed by atoms with Crippen molar-refractivity contribution in [2.75, 3.05) is 6.54 Å². The van der Waals surface area contributed by atoms with Crippen LogP contribution < -0.4 is 11.1 Å². The van der Waals surface area contributed by atoms with Gasteiger partial charge in [0.2, 0.25) is 5.91 Å². The van der Waals surface area contributed by atoms with Crippen molar-refractivity contribution in [3.05, 3.63) is 14.5 Å². The smallest absolute Gasteiger partial charge is 0.220 e. The van der Waals surface area contributed by atoms with E-state index in [9.17, 15) is 4.79 Å². The Kier molecular flexibility index (Phi) is 4.76. The third kappa shape index (κ3) is 3.90. The van der Waals surface area contributed by atoms with Gasteiger partial charge in [0.1, 0.15) is 10.8 Å². The van der Waals surface area contributed by atoms with Crippen molar-refractivity contribution < 1.29 is 9.63 Å². The lowest BCUT2D eigenvalue weighted by Crippen LogP contribution is -2.41. The highest BCUT2D eigenvalue weighted by atomic mass is 79.9. The number of nitrogens with zero attached hydrogens (tertiary/aromatic N) is 2. The van der Waals surface area contributed by atoms with Crippen LogP contribution in [0.4, 0.5) is 0 Å². The Hall–Kier alpha value is -1.15. The van der Waals surface area contributed by atoms with Gasteiger partial charge in [-0.3, -0.25) is 4.79 Å². The fourth-order valence-electron chi connectivity index (χ4n) is 1.71. The van der Waals surface area contributed by atoms with E-state index in [0.29, 0.717) is 31.8 Å². The summed E-state index contributed by atoms with van der Waals surface area (Å²) in [7, 11) is 0. The average molecular weight is 347 g/mol. The van der Waals surface area contributed by atoms with Crippen LogP contribution in [0.1, 0.15) is 23.5 Å². The van der Waals surface area contributed by atoms with Gasteiger partial charge in [0.25, 0.3) is 0 Å². The zero-order valence-corrected chi connectivity index (χ0v) is 12.9. The predicted octanol–water partition coefficient (Wildman–Crippen LogP) is 1.53. The van der Waals surface area contributed by atoms with Gasteiger partial charge in [0.05, 0.1) is 9.48 Å². The Morgan fingerprint density at radius 1 is 1.74 bits per heavy atom. The van der Waals surface area contributed by atoms with Crippen LogP contribution in [0.3, 0.4) is 0 Å². The quantitative estimate of drug-likeness (QED) is 0.491. The molecule has 0 aromatic carbocycles. The largest absolute Gasteiger partial charge is 0.387 e. The molecule has 1 atom stereocenters. The van der Waals surface area contributed by atoms with Crippen molar-refractivity contribution >= 4 is 39.0 Å². The first-order valence-electron chi connectivity index (χ1n) is 5.90. The number of amidine groups is 1. The summed E-state index contributed by atoms with van der Waals surface area (Å²) in [6, 6.07) is 0. The lowest BCUT2D eigenvalue weighted by molar-refractivity contribution is -0.122. The van der Waals surface area contributed by atoms with Crippen molar-refractivity contribution in [2.45, 2.75) is 26.4 Å². The molecule has 1 aliphatic rings. The average Bonchev–Trinajstić information content (AvgIpc) is 2.69. The number of thiazole rings is 1. The van der Waals surface area contributed by atoms with Crippen molar-refractivity contribution in [1.29, 1.82) is 0 Å². The third-order valence-corrected chi connectivity index (χ3v) is 4.80. The second-order valence-electron chi connectivity index (χ2n) is 4.30. The van der Waals surface area contributed by atoms with E-state index < -0.39 is 0 Å². The molecule has 3 N–H and O–H groups in total. The maximum atomic E-state index is 11.0. The van der Waals surface area contributed by atoms with Crippen LogP contribution in [0.15, 0.2) is 8.94 Å². The number of halogens is 1. The molecule has 1 unspecified atom stereocenters. The summed E-state index contributed by atoms with van der Waals surface area (Å²) in [4.78, 5) is 20.5. The Balaban J connectivity index is 1.83. The van der Waals surface area contributed by atoms with E-state index in [-0.39, 0.29) is 11.8 Å². The summed E-state index contributed by atoms with van der Waals surface area (Å²) in [6.45, 7) is 2.75. The molecule has 0 spiro atoms. The molecule has 6 nitrogen and oxygen atoms in total. The van der Waals surface area contributed by atoms with E-state index in [1.54, 1.807) is 0 Å². The zero-order valence-electron chi connectivity index (χ0n) is 10.5. The second-order valence-corrected chi connectivity index (χ2v) is 6.70. The van der Waals surface area contributed by atoms with Crippen LogP contribution in [0.2, 0.25) is 0 Å². The predicted molar refractivity (Wildman–Crippen MR) is 76.7 cm³/mol. The van der Waals surface area contributed by atoms with Gasteiger partial charge >= 0.3 is 0 Å². The molecule has 1 fully saturated rings. The van der Waals surface area contributed by atoms with Crippen LogP contribution in [0.25, 0.3) is 0 Å². The minimum Gasteiger partial charge on any atom is -0.387 e. The summed E-state index contributed by atoms with van der Waals surface area (Å²) >= 11 is 4.92. The molecule has 0 saturated carbocycles. The highest BCUT2D eigenvalue weighted by Gasteiger charge is 2.21. The van der Waals surface area contributed by atoms with E-state index in [4.69, 9.17) is 10.6 Å². The number of rotatable bonds is 4. The SMILES string of the molecule is Cc1nc(CO/N=C(\N)C2CCC(=O)NC2)sc1Br. The molecule has 0 bridgehead atoms. The highest BCUT2D eigenvalue weighted by molar-refractivity contribution is 9.11. The molecule has 2 heterocycles. The molecule has 2 rings (SSSR count). The van der Waals surface area contributed by atoms with Gasteiger partial charge in [-0.05, 0) is 29.3 Å². The van der Waals surface area contributed by atoms with Gasteiger partial charge in [-0.2, -0.15) is 0 Å². The molecule has 0 aliphatic carbocycles. The number of piperidine rings is 1. The standard InChI is InChI=1S/C11H15BrN4O2S/c1-6-10(12)19-9(15-6)5-18-16-11(13)7-2-3-8(17)14-4-7/h7H,2-5H2,1H3,(H2,13,16)(H,14,17). The molecular formula is C11H15BrN4O2S. The molecule has 1 amide bonds. The molecular weight excluding hydrogens is 332 g/mol. The topological polar surface area (TPSA) is 89.6 Å². The van der Waals surface area contributed by atoms with Gasteiger partial charge in [0.15, 0.2) is 6.61 Å². The summed E-state index contributed by atoms with van der Waals surface area (Å²) in [6.07, 6.45) is 1.20. The van der Waals surface area contributed by atoms with Gasteiger partial charge in [0, 0.05) is 18.9 Å². The summed E-state index contributed by atoms with van der Waals surface area (Å²) in [5, 5.41) is 7.51. The number of aryl methyl sites for hydroxylation is 1. The molecule has 8 heteroatoms. The number of nitrogens with one attached hydrogen (secondary N) is 1. The lowest BCUT2D eigenvalue weighted by atomic mass is 9.98. The summed E-state index contributed by atoms with van der Waals surface area (Å²) < 4.78 is 0.998. The van der Waals surface area contributed by atoms with Crippen molar-refractivity contribution in [1.82, 2.24) is 10.3 Å². The highest BCUT2D eigenvalue weighted by Crippen LogP contribution is 2.24. The molecule has 1 aromatic heterocycles. The minimum atomic E-state index is 0.0578. The Bertz CT molecular complexity index is 473. The van der Waals surface area contributed by atoms with Crippen molar-refractivity contribution in [2.24, 2.45) is 16.8 Å². The molecule has 104 valence electrons.